The van der Waals surface area contributed by atoms with Gasteiger partial charge in [-0.25, -0.2) is 4.98 Å². The summed E-state index contributed by atoms with van der Waals surface area (Å²) in [5.41, 5.74) is 1.62. The number of hydrogen-bond acceptors (Lipinski definition) is 3. The Labute approximate surface area is 107 Å². The average molecular weight is 237 g/mol. The molecule has 0 saturated carbocycles. The molecule has 0 spiro atoms. The van der Waals surface area contributed by atoms with E-state index in [2.05, 4.69) is 62.2 Å². The molecular weight excluding hydrogens is 210 g/mol. The topological polar surface area (TPSA) is 28.2 Å². The summed E-state index contributed by atoms with van der Waals surface area (Å²) in [5, 5.41) is 3.31. The molecule has 0 saturated heterocycles. The van der Waals surface area contributed by atoms with E-state index in [0.29, 0.717) is 5.41 Å². The third-order valence-corrected chi connectivity index (χ3v) is 2.42. The molecule has 3 heteroatoms. The Kier molecular flexibility index (Phi) is 4.94. The van der Waals surface area contributed by atoms with E-state index in [-0.39, 0.29) is 1.43 Å². The zero-order valence-corrected chi connectivity index (χ0v) is 11.7. The molecule has 0 aliphatic rings. The fourth-order valence-electron chi connectivity index (χ4n) is 1.65. The summed E-state index contributed by atoms with van der Waals surface area (Å²) < 4.78 is 0. The lowest BCUT2D eigenvalue weighted by atomic mass is 9.89. The number of anilines is 1. The van der Waals surface area contributed by atoms with Crippen LogP contribution in [-0.2, 0) is 6.42 Å². The minimum atomic E-state index is 0. The second-order valence-electron chi connectivity index (χ2n) is 6.02. The van der Waals surface area contributed by atoms with Gasteiger partial charge in [0.1, 0.15) is 5.82 Å². The van der Waals surface area contributed by atoms with Crippen LogP contribution in [0.3, 0.4) is 0 Å². The van der Waals surface area contributed by atoms with Crippen LogP contribution in [0.15, 0.2) is 18.3 Å². The molecule has 0 aromatic carbocycles. The van der Waals surface area contributed by atoms with Crippen molar-refractivity contribution in [2.45, 2.75) is 27.2 Å². The summed E-state index contributed by atoms with van der Waals surface area (Å²) in [4.78, 5) is 6.58. The molecule has 0 atom stereocenters. The van der Waals surface area contributed by atoms with Crippen LogP contribution in [0.2, 0.25) is 0 Å². The first-order valence-electron chi connectivity index (χ1n) is 6.20. The van der Waals surface area contributed by atoms with Gasteiger partial charge in [0, 0.05) is 20.7 Å². The van der Waals surface area contributed by atoms with Crippen molar-refractivity contribution in [2.24, 2.45) is 5.41 Å². The molecule has 0 fully saturated rings. The van der Waals surface area contributed by atoms with Crippen LogP contribution in [0.5, 0.6) is 0 Å². The van der Waals surface area contributed by atoms with E-state index in [1.807, 2.05) is 6.20 Å². The lowest BCUT2D eigenvalue weighted by Crippen LogP contribution is -2.21. The molecule has 1 aromatic rings. The van der Waals surface area contributed by atoms with Crippen LogP contribution in [0.25, 0.3) is 0 Å². The van der Waals surface area contributed by atoms with Crippen molar-refractivity contribution < 1.29 is 1.43 Å². The third-order valence-electron chi connectivity index (χ3n) is 2.42. The minimum absolute atomic E-state index is 0. The highest BCUT2D eigenvalue weighted by Gasteiger charge is 2.11. The lowest BCUT2D eigenvalue weighted by molar-refractivity contribution is 0.410. The van der Waals surface area contributed by atoms with Crippen LogP contribution in [0.4, 0.5) is 5.82 Å². The highest BCUT2D eigenvalue weighted by atomic mass is 15.1. The summed E-state index contributed by atoms with van der Waals surface area (Å²) in [6.07, 6.45) is 3.04. The van der Waals surface area contributed by atoms with Crippen molar-refractivity contribution in [3.8, 4) is 0 Å². The molecule has 3 nitrogen and oxygen atoms in total. The first-order valence-corrected chi connectivity index (χ1v) is 6.20. The van der Waals surface area contributed by atoms with Gasteiger partial charge in [-0.05, 0) is 37.6 Å². The number of pyridine rings is 1. The number of likely N-dealkylation sites (N-methyl/N-ethyl adjacent to an activating group) is 1. The summed E-state index contributed by atoms with van der Waals surface area (Å²) >= 11 is 0. The maximum absolute atomic E-state index is 4.43. The highest BCUT2D eigenvalue weighted by molar-refractivity contribution is 5.35. The molecule has 0 amide bonds. The standard InChI is InChI=1S/C14H25N3.H2/c1-14(2,3)10-12-6-7-13(16-11-12)15-8-9-17(4)5;/h6-7,11H,8-10H2,1-5H3,(H,15,16);1H. The van der Waals surface area contributed by atoms with E-state index in [0.717, 1.165) is 25.3 Å². The second kappa shape index (κ2) is 6.01. The van der Waals surface area contributed by atoms with Gasteiger partial charge in [0.25, 0.3) is 0 Å². The van der Waals surface area contributed by atoms with Gasteiger partial charge in [-0.3, -0.25) is 0 Å². The molecule has 1 heterocycles. The zero-order valence-electron chi connectivity index (χ0n) is 11.7. The maximum Gasteiger partial charge on any atom is 0.125 e. The van der Waals surface area contributed by atoms with Crippen LogP contribution in [0, 0.1) is 5.41 Å². The Bertz CT molecular complexity index is 328. The molecule has 0 radical (unpaired) electrons. The average Bonchev–Trinajstić information content (AvgIpc) is 2.18. The largest absolute Gasteiger partial charge is 0.369 e. The van der Waals surface area contributed by atoms with Gasteiger partial charge in [-0.1, -0.05) is 26.8 Å². The predicted octanol–water partition coefficient (Wildman–Crippen LogP) is 2.89. The molecule has 0 aliphatic carbocycles. The van der Waals surface area contributed by atoms with Gasteiger partial charge in [-0.15, -0.1) is 0 Å². The van der Waals surface area contributed by atoms with E-state index < -0.39 is 0 Å². The monoisotopic (exact) mass is 237 g/mol. The van der Waals surface area contributed by atoms with Gasteiger partial charge in [0.15, 0.2) is 0 Å². The van der Waals surface area contributed by atoms with E-state index in [1.165, 1.54) is 5.56 Å². The van der Waals surface area contributed by atoms with Gasteiger partial charge in [0.2, 0.25) is 0 Å². The Morgan fingerprint density at radius 2 is 2.00 bits per heavy atom. The first-order chi connectivity index (χ1) is 7.87. The second-order valence-corrected chi connectivity index (χ2v) is 6.02. The Morgan fingerprint density at radius 3 is 2.47 bits per heavy atom. The van der Waals surface area contributed by atoms with Crippen molar-refractivity contribution in [2.75, 3.05) is 32.5 Å². The third kappa shape index (κ3) is 6.27. The smallest absolute Gasteiger partial charge is 0.125 e. The molecular formula is C14H27N3. The van der Waals surface area contributed by atoms with Gasteiger partial charge in [-0.2, -0.15) is 0 Å². The fourth-order valence-corrected chi connectivity index (χ4v) is 1.65. The molecule has 17 heavy (non-hydrogen) atoms. The Hall–Kier alpha value is -1.09. The summed E-state index contributed by atoms with van der Waals surface area (Å²) in [5.74, 6) is 0.963. The van der Waals surface area contributed by atoms with E-state index in [4.69, 9.17) is 0 Å². The zero-order chi connectivity index (χ0) is 12.9. The van der Waals surface area contributed by atoms with Crippen LogP contribution in [-0.4, -0.2) is 37.1 Å². The summed E-state index contributed by atoms with van der Waals surface area (Å²) in [6.45, 7) is 8.69. The van der Waals surface area contributed by atoms with E-state index in [1.54, 1.807) is 0 Å². The van der Waals surface area contributed by atoms with Crippen molar-refractivity contribution >= 4 is 5.82 Å². The van der Waals surface area contributed by atoms with Crippen LogP contribution < -0.4 is 5.32 Å². The first kappa shape index (κ1) is 14.0. The lowest BCUT2D eigenvalue weighted by Gasteiger charge is -2.18. The Balaban J connectivity index is 0.00000289. The quantitative estimate of drug-likeness (QED) is 0.853. The number of nitrogens with zero attached hydrogens (tertiary/aromatic N) is 2. The predicted molar refractivity (Wildman–Crippen MR) is 76.6 cm³/mol. The highest BCUT2D eigenvalue weighted by Crippen LogP contribution is 2.20. The van der Waals surface area contributed by atoms with Gasteiger partial charge < -0.3 is 10.2 Å². The molecule has 98 valence electrons. The number of rotatable bonds is 5. The normalized spacial score (nSPS) is 11.9. The summed E-state index contributed by atoms with van der Waals surface area (Å²) in [7, 11) is 4.14. The number of hydrogen-bond donors (Lipinski definition) is 1. The minimum Gasteiger partial charge on any atom is -0.369 e. The van der Waals surface area contributed by atoms with Crippen LogP contribution >= 0.6 is 0 Å². The van der Waals surface area contributed by atoms with Crippen molar-refractivity contribution in [1.82, 2.24) is 9.88 Å². The molecule has 1 N–H and O–H groups in total. The summed E-state index contributed by atoms with van der Waals surface area (Å²) in [6, 6.07) is 4.23. The van der Waals surface area contributed by atoms with Crippen molar-refractivity contribution in [3.63, 3.8) is 0 Å². The Morgan fingerprint density at radius 1 is 1.29 bits per heavy atom. The maximum atomic E-state index is 4.43. The van der Waals surface area contributed by atoms with Crippen molar-refractivity contribution in [3.05, 3.63) is 23.9 Å². The van der Waals surface area contributed by atoms with Gasteiger partial charge >= 0.3 is 0 Å². The molecule has 1 aromatic heterocycles. The van der Waals surface area contributed by atoms with Gasteiger partial charge in [0.05, 0.1) is 0 Å². The van der Waals surface area contributed by atoms with Crippen LogP contribution in [0.1, 0.15) is 27.8 Å². The molecule has 0 aliphatic heterocycles. The number of aromatic nitrogens is 1. The van der Waals surface area contributed by atoms with Crippen molar-refractivity contribution in [1.29, 1.82) is 0 Å². The molecule has 1 rings (SSSR count). The fraction of sp³-hybridized carbons (Fsp3) is 0.643. The number of nitrogens with one attached hydrogen (secondary N) is 1. The molecule has 0 unspecified atom stereocenters. The SMILES string of the molecule is CN(C)CCNc1ccc(CC(C)(C)C)cn1.[HH]. The van der Waals surface area contributed by atoms with E-state index in [9.17, 15) is 0 Å². The van der Waals surface area contributed by atoms with E-state index >= 15 is 0 Å². The molecule has 0 bridgehead atoms.